The zero-order chi connectivity index (χ0) is 23.2. The predicted octanol–water partition coefficient (Wildman–Crippen LogP) is 6.66. The van der Waals surface area contributed by atoms with Crippen molar-refractivity contribution in [2.24, 2.45) is 0 Å². The largest absolute Gasteiger partial charge is 0.333 e. The van der Waals surface area contributed by atoms with Gasteiger partial charge in [-0.1, -0.05) is 36.9 Å². The van der Waals surface area contributed by atoms with Gasteiger partial charge in [0.2, 0.25) is 0 Å². The summed E-state index contributed by atoms with van der Waals surface area (Å²) in [5.74, 6) is 1.28. The molecule has 1 saturated heterocycles. The van der Waals surface area contributed by atoms with Crippen molar-refractivity contribution < 1.29 is 0 Å². The fourth-order valence-electron chi connectivity index (χ4n) is 4.27. The SMILES string of the molecule is C=C=C(Nc1cc2cc(/C(C)=C/C=C\C)ccc2cn1)c1ccnc(C2CCN(C)CC2)c1. The molecule has 168 valence electrons. The molecular formula is C29H32N4. The number of likely N-dealkylation sites (tertiary alicyclic amines) is 1. The summed E-state index contributed by atoms with van der Waals surface area (Å²) < 4.78 is 0. The van der Waals surface area contributed by atoms with E-state index < -0.39 is 0 Å². The molecule has 0 bridgehead atoms. The summed E-state index contributed by atoms with van der Waals surface area (Å²) in [6.07, 6.45) is 12.3. The Bertz CT molecular complexity index is 1240. The highest BCUT2D eigenvalue weighted by Crippen LogP contribution is 2.28. The lowest BCUT2D eigenvalue weighted by atomic mass is 9.92. The number of anilines is 1. The van der Waals surface area contributed by atoms with Crippen molar-refractivity contribution in [1.82, 2.24) is 14.9 Å². The molecule has 4 heteroatoms. The Balaban J connectivity index is 1.57. The molecule has 0 unspecified atom stereocenters. The topological polar surface area (TPSA) is 41.1 Å². The summed E-state index contributed by atoms with van der Waals surface area (Å²) in [5, 5.41) is 5.68. The number of pyridine rings is 2. The van der Waals surface area contributed by atoms with Crippen LogP contribution in [0.2, 0.25) is 0 Å². The summed E-state index contributed by atoms with van der Waals surface area (Å²) in [4.78, 5) is 11.7. The first kappa shape index (κ1) is 22.7. The summed E-state index contributed by atoms with van der Waals surface area (Å²) in [6, 6.07) is 12.7. The number of fused-ring (bicyclic) bond motifs is 1. The van der Waals surface area contributed by atoms with Gasteiger partial charge < -0.3 is 10.2 Å². The lowest BCUT2D eigenvalue weighted by molar-refractivity contribution is 0.253. The molecule has 0 spiro atoms. The van der Waals surface area contributed by atoms with Gasteiger partial charge in [0, 0.05) is 35.0 Å². The standard InChI is InChI=1S/C29H32N4/c1-5-7-8-21(3)23-9-10-25-20-31-29(19-26(25)17-23)32-27(6-2)24-11-14-30-28(18-24)22-12-15-33(4)16-13-22/h5,7-11,14,17-20,22H,2,12-13,15-16H2,1,3-4H3,(H,31,32)/b7-5-,21-8+. The van der Waals surface area contributed by atoms with Crippen LogP contribution in [0.25, 0.3) is 22.0 Å². The second-order valence-electron chi connectivity index (χ2n) is 8.73. The first-order valence-corrected chi connectivity index (χ1v) is 11.6. The fourth-order valence-corrected chi connectivity index (χ4v) is 4.27. The van der Waals surface area contributed by atoms with Crippen LogP contribution in [0.3, 0.4) is 0 Å². The van der Waals surface area contributed by atoms with Crippen LogP contribution in [0.15, 0.2) is 79.3 Å². The van der Waals surface area contributed by atoms with Crippen LogP contribution in [0.5, 0.6) is 0 Å². The smallest absolute Gasteiger partial charge is 0.131 e. The maximum absolute atomic E-state index is 4.67. The van der Waals surface area contributed by atoms with Gasteiger partial charge in [-0.15, -0.1) is 5.73 Å². The average molecular weight is 437 g/mol. The number of aromatic nitrogens is 2. The zero-order valence-electron chi connectivity index (χ0n) is 19.8. The van der Waals surface area contributed by atoms with Crippen LogP contribution in [0.4, 0.5) is 5.82 Å². The molecule has 0 amide bonds. The molecule has 33 heavy (non-hydrogen) atoms. The molecule has 3 heterocycles. The quantitative estimate of drug-likeness (QED) is 0.347. The van der Waals surface area contributed by atoms with Gasteiger partial charge in [-0.2, -0.15) is 0 Å². The Hall–Kier alpha value is -3.46. The van der Waals surface area contributed by atoms with E-state index in [2.05, 4.69) is 89.0 Å². The van der Waals surface area contributed by atoms with Gasteiger partial charge in [0.05, 0.1) is 5.70 Å². The molecule has 1 aliphatic heterocycles. The fraction of sp³-hybridized carbons (Fsp3) is 0.276. The third-order valence-electron chi connectivity index (χ3n) is 6.35. The molecule has 0 aliphatic carbocycles. The second kappa shape index (κ2) is 10.4. The minimum atomic E-state index is 0.503. The molecule has 3 aromatic rings. The molecule has 1 aliphatic rings. The van der Waals surface area contributed by atoms with Crippen molar-refractivity contribution in [3.8, 4) is 0 Å². The normalized spacial score (nSPS) is 15.7. The molecule has 4 nitrogen and oxygen atoms in total. The van der Waals surface area contributed by atoms with E-state index in [9.17, 15) is 0 Å². The summed E-state index contributed by atoms with van der Waals surface area (Å²) >= 11 is 0. The van der Waals surface area contributed by atoms with E-state index in [0.717, 1.165) is 59.5 Å². The Morgan fingerprint density at radius 1 is 1.09 bits per heavy atom. The molecule has 1 fully saturated rings. The highest BCUT2D eigenvalue weighted by molar-refractivity contribution is 5.88. The Morgan fingerprint density at radius 2 is 1.91 bits per heavy atom. The van der Waals surface area contributed by atoms with Gasteiger partial charge in [0.1, 0.15) is 5.82 Å². The van der Waals surface area contributed by atoms with Crippen LogP contribution >= 0.6 is 0 Å². The molecule has 2 aromatic heterocycles. The van der Waals surface area contributed by atoms with Crippen molar-refractivity contribution in [2.75, 3.05) is 25.5 Å². The van der Waals surface area contributed by atoms with Gasteiger partial charge in [-0.05, 0) is 87.6 Å². The average Bonchev–Trinajstić information content (AvgIpc) is 2.85. The molecular weight excluding hydrogens is 404 g/mol. The van der Waals surface area contributed by atoms with E-state index >= 15 is 0 Å². The van der Waals surface area contributed by atoms with Gasteiger partial charge in [0.25, 0.3) is 0 Å². The number of hydrogen-bond donors (Lipinski definition) is 1. The molecule has 0 atom stereocenters. The van der Waals surface area contributed by atoms with Crippen LogP contribution in [-0.4, -0.2) is 35.0 Å². The van der Waals surface area contributed by atoms with E-state index in [0.29, 0.717) is 5.92 Å². The van der Waals surface area contributed by atoms with Crippen LogP contribution in [0.1, 0.15) is 49.4 Å². The van der Waals surface area contributed by atoms with Gasteiger partial charge in [0.15, 0.2) is 0 Å². The lowest BCUT2D eigenvalue weighted by Crippen LogP contribution is -2.29. The van der Waals surface area contributed by atoms with Gasteiger partial charge >= 0.3 is 0 Å². The molecule has 1 aromatic carbocycles. The zero-order valence-corrected chi connectivity index (χ0v) is 19.8. The highest BCUT2D eigenvalue weighted by Gasteiger charge is 2.20. The number of benzene rings is 1. The van der Waals surface area contributed by atoms with Gasteiger partial charge in [-0.25, -0.2) is 4.98 Å². The van der Waals surface area contributed by atoms with E-state index in [1.54, 1.807) is 0 Å². The number of hydrogen-bond acceptors (Lipinski definition) is 4. The predicted molar refractivity (Wildman–Crippen MR) is 140 cm³/mol. The summed E-state index contributed by atoms with van der Waals surface area (Å²) in [7, 11) is 2.18. The van der Waals surface area contributed by atoms with Crippen molar-refractivity contribution in [3.63, 3.8) is 0 Å². The second-order valence-corrected chi connectivity index (χ2v) is 8.73. The Labute approximate surface area is 197 Å². The van der Waals surface area contributed by atoms with Crippen molar-refractivity contribution >= 4 is 27.9 Å². The van der Waals surface area contributed by atoms with E-state index in [-0.39, 0.29) is 0 Å². The Kier molecular flexibility index (Phi) is 7.19. The molecule has 4 rings (SSSR count). The minimum absolute atomic E-state index is 0.503. The Morgan fingerprint density at radius 3 is 2.67 bits per heavy atom. The van der Waals surface area contributed by atoms with Gasteiger partial charge in [-0.3, -0.25) is 4.98 Å². The summed E-state index contributed by atoms with van der Waals surface area (Å²) in [6.45, 7) is 10.3. The van der Waals surface area contributed by atoms with E-state index in [4.69, 9.17) is 0 Å². The maximum Gasteiger partial charge on any atom is 0.131 e. The molecule has 1 N–H and O–H groups in total. The number of rotatable bonds is 6. The van der Waals surface area contributed by atoms with Crippen molar-refractivity contribution in [3.05, 3.63) is 96.2 Å². The third-order valence-corrected chi connectivity index (χ3v) is 6.35. The van der Waals surface area contributed by atoms with E-state index in [1.165, 1.54) is 11.1 Å². The van der Waals surface area contributed by atoms with Crippen LogP contribution in [0, 0.1) is 0 Å². The monoisotopic (exact) mass is 436 g/mol. The van der Waals surface area contributed by atoms with Crippen LogP contribution in [-0.2, 0) is 0 Å². The first-order valence-electron chi connectivity index (χ1n) is 11.6. The number of nitrogens with zero attached hydrogens (tertiary/aromatic N) is 3. The minimum Gasteiger partial charge on any atom is -0.333 e. The highest BCUT2D eigenvalue weighted by atomic mass is 15.1. The summed E-state index contributed by atoms with van der Waals surface area (Å²) in [5.41, 5.74) is 8.50. The third kappa shape index (κ3) is 5.48. The first-order chi connectivity index (χ1) is 16.1. The number of nitrogens with one attached hydrogen (secondary N) is 1. The van der Waals surface area contributed by atoms with Crippen molar-refractivity contribution in [1.29, 1.82) is 0 Å². The van der Waals surface area contributed by atoms with E-state index in [1.807, 2.05) is 31.5 Å². The maximum atomic E-state index is 4.67. The molecule has 0 saturated carbocycles. The van der Waals surface area contributed by atoms with Crippen LogP contribution < -0.4 is 5.32 Å². The molecule has 0 radical (unpaired) electrons. The van der Waals surface area contributed by atoms with Crippen molar-refractivity contribution in [2.45, 2.75) is 32.6 Å². The lowest BCUT2D eigenvalue weighted by Gasteiger charge is -2.28. The number of allylic oxidation sites excluding steroid dienone is 4. The number of piperidine rings is 1.